The van der Waals surface area contributed by atoms with Crippen molar-refractivity contribution in [1.82, 2.24) is 39.9 Å². The molecule has 0 radical (unpaired) electrons. The molecule has 0 unspecified atom stereocenters. The van der Waals surface area contributed by atoms with E-state index in [1.165, 1.54) is 199 Å². The van der Waals surface area contributed by atoms with Crippen LogP contribution in [0.25, 0.3) is 89.7 Å². The lowest BCUT2D eigenvalue weighted by atomic mass is 9.92. The molecule has 426 valence electrons. The molecule has 8 nitrogen and oxygen atoms in total. The van der Waals surface area contributed by atoms with Crippen LogP contribution < -0.4 is 0 Å². The maximum atomic E-state index is 5.71. The molecule has 2 aliphatic rings. The molecule has 0 saturated carbocycles. The van der Waals surface area contributed by atoms with Crippen molar-refractivity contribution in [2.24, 2.45) is 0 Å². The highest BCUT2D eigenvalue weighted by Crippen LogP contribution is 2.41. The zero-order chi connectivity index (χ0) is 55.8. The molecule has 0 fully saturated rings. The summed E-state index contributed by atoms with van der Waals surface area (Å²) in [6.07, 6.45) is 37.1. The van der Waals surface area contributed by atoms with E-state index in [9.17, 15) is 0 Å². The van der Waals surface area contributed by atoms with Gasteiger partial charge in [-0.25, -0.2) is 29.9 Å². The van der Waals surface area contributed by atoms with Crippen LogP contribution in [0.15, 0.2) is 48.5 Å². The molecule has 8 bridgehead atoms. The van der Waals surface area contributed by atoms with Crippen molar-refractivity contribution in [3.63, 3.8) is 0 Å². The minimum Gasteiger partial charge on any atom is -0.324 e. The normalized spacial score (nSPS) is 12.1. The predicted molar refractivity (Wildman–Crippen MR) is 342 cm³/mol. The predicted octanol–water partition coefficient (Wildman–Crippen LogP) is 20.7. The first-order valence-electron chi connectivity index (χ1n) is 32.8. The number of aryl methyl sites for hydroxylation is 8. The van der Waals surface area contributed by atoms with Crippen LogP contribution >= 0.6 is 0 Å². The van der Waals surface area contributed by atoms with Crippen molar-refractivity contribution in [2.45, 2.75) is 261 Å². The summed E-state index contributed by atoms with van der Waals surface area (Å²) >= 11 is 0. The Labute approximate surface area is 481 Å². The lowest BCUT2D eigenvalue weighted by Gasteiger charge is -2.13. The monoisotopic (exact) mass is 1070 g/mol. The zero-order valence-electron chi connectivity index (χ0n) is 50.9. The zero-order valence-corrected chi connectivity index (χ0v) is 50.9. The van der Waals surface area contributed by atoms with Crippen LogP contribution in [0.3, 0.4) is 0 Å². The van der Waals surface area contributed by atoms with Gasteiger partial charge in [0.1, 0.15) is 22.6 Å². The number of benzene rings is 4. The summed E-state index contributed by atoms with van der Waals surface area (Å²) in [7, 11) is 0. The summed E-state index contributed by atoms with van der Waals surface area (Å²) in [5, 5.41) is 4.38. The standard InChI is InChI=1S/C72H98N8/c1-9-17-25-33-49-41-57-58(42-50(49)34-26-18-10-2)66-73-65(57)77-67-59-43-51(35-27-19-11-3)52(36-28-20-12-4)44-60(59)69(74-67)79-71-63-47-55(39-31-23-15-7)56(40-32-24-16-8)48-64(63)72(76-71)80-70-62-46-54(38-30-22-14-6)53(37-29-21-13-5)45-61(62)68(75-70)78-66/h41-48H,9-40H2,1-8H3,(H2,73,74,75,76,77,78,79,80). The molecular weight excluding hydrogens is 977 g/mol. The lowest BCUT2D eigenvalue weighted by molar-refractivity contribution is 0.694. The van der Waals surface area contributed by atoms with E-state index in [1.807, 2.05) is 0 Å². The van der Waals surface area contributed by atoms with Crippen molar-refractivity contribution < 1.29 is 0 Å². The molecule has 0 atom stereocenters. The van der Waals surface area contributed by atoms with Gasteiger partial charge in [0.2, 0.25) is 0 Å². The van der Waals surface area contributed by atoms with Gasteiger partial charge in [-0.15, -0.1) is 0 Å². The van der Waals surface area contributed by atoms with Crippen molar-refractivity contribution in [3.8, 4) is 45.6 Å². The highest BCUT2D eigenvalue weighted by atomic mass is 15.1. The Balaban J connectivity index is 1.41. The SMILES string of the molecule is CCCCCc1cc2c(cc1CCCCC)-c1nc-2nc2[nH]c(nc3nc(nc4[nH]c(n1)c1cc(CCCCC)c(CCCCC)cc41)-c1cc(CCCCC)c(CCCCC)cc1-3)c1cc(CCCCC)c(CCCCC)cc21. The molecule has 0 aliphatic carbocycles. The maximum absolute atomic E-state index is 5.71. The number of rotatable bonds is 32. The van der Waals surface area contributed by atoms with Gasteiger partial charge in [0, 0.05) is 43.8 Å². The first-order valence-corrected chi connectivity index (χ1v) is 32.8. The fourth-order valence-electron chi connectivity index (χ4n) is 12.7. The van der Waals surface area contributed by atoms with Crippen molar-refractivity contribution in [2.75, 3.05) is 0 Å². The Hall–Kier alpha value is -5.76. The highest BCUT2D eigenvalue weighted by molar-refractivity contribution is 6.07. The second-order valence-electron chi connectivity index (χ2n) is 23.9. The average molecular weight is 1080 g/mol. The number of hydrogen-bond acceptors (Lipinski definition) is 6. The average Bonchev–Trinajstić information content (AvgIpc) is 4.23. The summed E-state index contributed by atoms with van der Waals surface area (Å²) < 4.78 is 0. The Morgan fingerprint density at radius 2 is 0.400 bits per heavy atom. The molecule has 2 aliphatic heterocycles. The van der Waals surface area contributed by atoms with Gasteiger partial charge in [-0.1, -0.05) is 158 Å². The molecule has 5 heterocycles. The molecule has 4 aromatic carbocycles. The molecule has 80 heavy (non-hydrogen) atoms. The van der Waals surface area contributed by atoms with Gasteiger partial charge in [0.15, 0.2) is 23.3 Å². The second kappa shape index (κ2) is 29.3. The third-order valence-electron chi connectivity index (χ3n) is 17.5. The molecule has 0 saturated heterocycles. The maximum Gasteiger partial charge on any atom is 0.164 e. The molecule has 3 aromatic heterocycles. The largest absolute Gasteiger partial charge is 0.324 e. The number of aromatic nitrogens is 8. The van der Waals surface area contributed by atoms with Crippen LogP contribution in [0.5, 0.6) is 0 Å². The van der Waals surface area contributed by atoms with E-state index in [-0.39, 0.29) is 0 Å². The smallest absolute Gasteiger partial charge is 0.164 e. The van der Waals surface area contributed by atoms with E-state index in [2.05, 4.69) is 114 Å². The Morgan fingerprint density at radius 1 is 0.225 bits per heavy atom. The molecular formula is C72H98N8. The van der Waals surface area contributed by atoms with Gasteiger partial charge in [-0.05, 0) is 196 Å². The number of hydrogen-bond donors (Lipinski definition) is 2. The fourth-order valence-corrected chi connectivity index (χ4v) is 12.7. The van der Waals surface area contributed by atoms with Gasteiger partial charge < -0.3 is 9.97 Å². The summed E-state index contributed by atoms with van der Waals surface area (Å²) in [6, 6.07) is 19.6. The van der Waals surface area contributed by atoms with Crippen LogP contribution in [0.2, 0.25) is 0 Å². The molecule has 0 amide bonds. The Bertz CT molecular complexity index is 2920. The van der Waals surface area contributed by atoms with Gasteiger partial charge >= 0.3 is 0 Å². The first kappa shape index (κ1) is 58.9. The molecule has 8 heteroatoms. The van der Waals surface area contributed by atoms with E-state index in [0.29, 0.717) is 23.3 Å². The number of unbranched alkanes of at least 4 members (excludes halogenated alkanes) is 16. The van der Waals surface area contributed by atoms with E-state index in [4.69, 9.17) is 29.9 Å². The van der Waals surface area contributed by atoms with Crippen LogP contribution in [0.1, 0.15) is 254 Å². The third kappa shape index (κ3) is 13.9. The number of nitrogens with one attached hydrogen (secondary N) is 2. The molecule has 2 N–H and O–H groups in total. The highest BCUT2D eigenvalue weighted by Gasteiger charge is 2.26. The second-order valence-corrected chi connectivity index (χ2v) is 23.9. The van der Waals surface area contributed by atoms with Crippen LogP contribution in [0, 0.1) is 0 Å². The first-order chi connectivity index (χ1) is 39.3. The summed E-state index contributed by atoms with van der Waals surface area (Å²) in [6.45, 7) is 18.4. The van der Waals surface area contributed by atoms with E-state index in [1.54, 1.807) is 0 Å². The minimum absolute atomic E-state index is 0.711. The van der Waals surface area contributed by atoms with Gasteiger partial charge in [0.25, 0.3) is 0 Å². The summed E-state index contributed by atoms with van der Waals surface area (Å²) in [5.74, 6) is 2.84. The van der Waals surface area contributed by atoms with E-state index >= 15 is 0 Å². The Kier molecular flexibility index (Phi) is 21.6. The molecule has 9 rings (SSSR count). The quantitative estimate of drug-likeness (QED) is 0.0407. The van der Waals surface area contributed by atoms with Crippen molar-refractivity contribution >= 4 is 44.1 Å². The fraction of sp³-hybridized carbons (Fsp3) is 0.556. The number of aromatic amines is 2. The van der Waals surface area contributed by atoms with E-state index in [0.717, 1.165) is 118 Å². The summed E-state index contributed by atoms with van der Waals surface area (Å²) in [5.41, 5.74) is 18.9. The number of nitrogens with zero attached hydrogens (tertiary/aromatic N) is 6. The number of fused-ring (bicyclic) bond motifs is 20. The van der Waals surface area contributed by atoms with Crippen LogP contribution in [-0.4, -0.2) is 39.9 Å². The Morgan fingerprint density at radius 3 is 0.575 bits per heavy atom. The summed E-state index contributed by atoms with van der Waals surface area (Å²) in [4.78, 5) is 41.7. The third-order valence-corrected chi connectivity index (χ3v) is 17.5. The molecule has 7 aromatic rings. The number of H-pyrrole nitrogens is 2. The van der Waals surface area contributed by atoms with Crippen molar-refractivity contribution in [1.29, 1.82) is 0 Å². The van der Waals surface area contributed by atoms with Crippen LogP contribution in [0.4, 0.5) is 0 Å². The lowest BCUT2D eigenvalue weighted by Crippen LogP contribution is -1.98. The van der Waals surface area contributed by atoms with E-state index < -0.39 is 0 Å². The van der Waals surface area contributed by atoms with Gasteiger partial charge in [-0.3, -0.25) is 0 Å². The van der Waals surface area contributed by atoms with Crippen molar-refractivity contribution in [3.05, 3.63) is 93.0 Å². The topological polar surface area (TPSA) is 109 Å². The molecule has 0 spiro atoms. The van der Waals surface area contributed by atoms with Gasteiger partial charge in [-0.2, -0.15) is 0 Å². The van der Waals surface area contributed by atoms with Crippen LogP contribution in [-0.2, 0) is 51.4 Å². The van der Waals surface area contributed by atoms with Gasteiger partial charge in [0.05, 0.1) is 0 Å². The minimum atomic E-state index is 0.711.